The minimum atomic E-state index is -0.622. The Kier molecular flexibility index (Phi) is 7.91. The third-order valence-corrected chi connectivity index (χ3v) is 6.68. The largest absolute Gasteiger partial charge is 0.494 e. The van der Waals surface area contributed by atoms with Gasteiger partial charge in [-0.05, 0) is 23.8 Å². The first-order valence-electron chi connectivity index (χ1n) is 12.7. The predicted molar refractivity (Wildman–Crippen MR) is 142 cm³/mol. The second-order valence-electron chi connectivity index (χ2n) is 9.28. The average molecular weight is 547 g/mol. The third-order valence-electron chi connectivity index (χ3n) is 6.68. The molecule has 1 aromatic carbocycles. The molecule has 0 radical (unpaired) electrons. The SMILES string of the molecule is COc1cc(C(=O)N(C)CCO)cnc1-c1cc2ncc(F)c(-c3ccc(OC4CCOCC4)c(C#N)c3)c2o1. The van der Waals surface area contributed by atoms with Crippen LogP contribution in [-0.2, 0) is 4.74 Å². The van der Waals surface area contributed by atoms with Crippen molar-refractivity contribution < 1.29 is 32.9 Å². The minimum absolute atomic E-state index is 0.0528. The zero-order valence-corrected chi connectivity index (χ0v) is 22.0. The smallest absolute Gasteiger partial charge is 0.255 e. The van der Waals surface area contributed by atoms with Gasteiger partial charge in [-0.1, -0.05) is 6.07 Å². The molecule has 1 aliphatic rings. The fraction of sp³-hybridized carbons (Fsp3) is 0.310. The number of hydrogen-bond donors (Lipinski definition) is 1. The number of pyridine rings is 2. The van der Waals surface area contributed by atoms with Crippen molar-refractivity contribution in [3.8, 4) is 40.1 Å². The molecule has 40 heavy (non-hydrogen) atoms. The monoisotopic (exact) mass is 546 g/mol. The van der Waals surface area contributed by atoms with Gasteiger partial charge < -0.3 is 28.6 Å². The first kappa shape index (κ1) is 27.1. The summed E-state index contributed by atoms with van der Waals surface area (Å²) in [6.45, 7) is 1.20. The topological polar surface area (TPSA) is 131 Å². The number of nitriles is 1. The number of carbonyl (C=O) groups excluding carboxylic acids is 1. The fourth-order valence-electron chi connectivity index (χ4n) is 4.56. The summed E-state index contributed by atoms with van der Waals surface area (Å²) in [6, 6.07) is 10.2. The van der Waals surface area contributed by atoms with E-state index in [9.17, 15) is 10.1 Å². The van der Waals surface area contributed by atoms with Crippen molar-refractivity contribution in [2.75, 3.05) is 40.5 Å². The molecule has 0 bridgehead atoms. The molecule has 1 aliphatic heterocycles. The third kappa shape index (κ3) is 5.32. The molecule has 1 amide bonds. The zero-order chi connectivity index (χ0) is 28.2. The van der Waals surface area contributed by atoms with E-state index in [-0.39, 0.29) is 58.9 Å². The Morgan fingerprint density at radius 2 is 2.00 bits per heavy atom. The number of methoxy groups -OCH3 is 1. The summed E-state index contributed by atoms with van der Waals surface area (Å²) in [4.78, 5) is 22.5. The van der Waals surface area contributed by atoms with E-state index in [0.717, 1.165) is 19.0 Å². The molecule has 206 valence electrons. The van der Waals surface area contributed by atoms with Crippen molar-refractivity contribution in [1.82, 2.24) is 14.9 Å². The van der Waals surface area contributed by atoms with E-state index in [4.69, 9.17) is 23.7 Å². The summed E-state index contributed by atoms with van der Waals surface area (Å²) in [7, 11) is 3.01. The Morgan fingerprint density at radius 1 is 1.20 bits per heavy atom. The van der Waals surface area contributed by atoms with Crippen molar-refractivity contribution in [1.29, 1.82) is 5.26 Å². The Hall–Kier alpha value is -4.53. The molecule has 10 nitrogen and oxygen atoms in total. The average Bonchev–Trinajstić information content (AvgIpc) is 3.41. The van der Waals surface area contributed by atoms with Gasteiger partial charge in [-0.3, -0.25) is 4.79 Å². The minimum Gasteiger partial charge on any atom is -0.494 e. The van der Waals surface area contributed by atoms with Crippen LogP contribution in [0.25, 0.3) is 33.7 Å². The summed E-state index contributed by atoms with van der Waals surface area (Å²) < 4.78 is 38.2. The maximum Gasteiger partial charge on any atom is 0.255 e. The molecule has 0 unspecified atom stereocenters. The molecule has 0 aliphatic carbocycles. The van der Waals surface area contributed by atoms with Gasteiger partial charge in [0.15, 0.2) is 17.2 Å². The molecule has 4 aromatic rings. The molecule has 3 aromatic heterocycles. The van der Waals surface area contributed by atoms with Gasteiger partial charge in [0, 0.05) is 38.7 Å². The predicted octanol–water partition coefficient (Wildman–Crippen LogP) is 4.20. The molecule has 1 N–H and O–H groups in total. The number of fused-ring (bicyclic) bond motifs is 1. The van der Waals surface area contributed by atoms with Crippen molar-refractivity contribution >= 4 is 17.0 Å². The Labute approximate surface area is 229 Å². The number of aliphatic hydroxyl groups is 1. The van der Waals surface area contributed by atoms with Gasteiger partial charge >= 0.3 is 0 Å². The van der Waals surface area contributed by atoms with E-state index < -0.39 is 5.82 Å². The van der Waals surface area contributed by atoms with Crippen molar-refractivity contribution in [2.45, 2.75) is 18.9 Å². The second kappa shape index (κ2) is 11.7. The number of rotatable bonds is 8. The molecule has 1 fully saturated rings. The lowest BCUT2D eigenvalue weighted by atomic mass is 10.0. The number of likely N-dealkylation sites (N-methyl/N-ethyl adjacent to an activating group) is 1. The van der Waals surface area contributed by atoms with Gasteiger partial charge in [0.25, 0.3) is 5.91 Å². The van der Waals surface area contributed by atoms with E-state index in [0.29, 0.717) is 35.7 Å². The van der Waals surface area contributed by atoms with Crippen molar-refractivity contribution in [3.63, 3.8) is 0 Å². The number of furan rings is 1. The lowest BCUT2D eigenvalue weighted by Crippen LogP contribution is -2.29. The van der Waals surface area contributed by atoms with Crippen LogP contribution in [0, 0.1) is 17.1 Å². The van der Waals surface area contributed by atoms with Gasteiger partial charge in [0.2, 0.25) is 0 Å². The number of aromatic nitrogens is 2. The quantitative estimate of drug-likeness (QED) is 0.345. The van der Waals surface area contributed by atoms with E-state index in [2.05, 4.69) is 16.0 Å². The lowest BCUT2D eigenvalue weighted by molar-refractivity contribution is 0.0254. The molecule has 4 heterocycles. The highest BCUT2D eigenvalue weighted by Crippen LogP contribution is 2.39. The molecular formula is C29H27FN4O6. The molecular weight excluding hydrogens is 519 g/mol. The number of aliphatic hydroxyl groups excluding tert-OH is 1. The highest BCUT2D eigenvalue weighted by Gasteiger charge is 2.23. The van der Waals surface area contributed by atoms with Crippen LogP contribution in [0.1, 0.15) is 28.8 Å². The summed E-state index contributed by atoms with van der Waals surface area (Å²) in [5.41, 5.74) is 1.95. The van der Waals surface area contributed by atoms with E-state index in [1.54, 1.807) is 31.3 Å². The van der Waals surface area contributed by atoms with E-state index in [1.807, 2.05) is 0 Å². The standard InChI is InChI=1S/C29H27FN4O6/c1-34(7-8-35)29(36)19-12-24(37-2)27(33-15-19)25-13-22-28(40-25)26(21(30)16-32-22)17-3-4-23(18(11-17)14-31)39-20-5-9-38-10-6-20/h3-4,11-13,15-16,20,35H,5-10H2,1-2H3. The molecule has 0 saturated carbocycles. The number of ether oxygens (including phenoxy) is 3. The normalized spacial score (nSPS) is 13.7. The van der Waals surface area contributed by atoms with Crippen LogP contribution in [0.3, 0.4) is 0 Å². The van der Waals surface area contributed by atoms with Crippen LogP contribution >= 0.6 is 0 Å². The maximum absolute atomic E-state index is 15.2. The van der Waals surface area contributed by atoms with Crippen LogP contribution in [0.5, 0.6) is 11.5 Å². The molecule has 0 spiro atoms. The van der Waals surface area contributed by atoms with Gasteiger partial charge in [0.05, 0.1) is 49.8 Å². The zero-order valence-electron chi connectivity index (χ0n) is 22.0. The van der Waals surface area contributed by atoms with Crippen molar-refractivity contribution in [2.24, 2.45) is 0 Å². The van der Waals surface area contributed by atoms with Crippen LogP contribution in [0.2, 0.25) is 0 Å². The van der Waals surface area contributed by atoms with E-state index in [1.165, 1.54) is 24.3 Å². The van der Waals surface area contributed by atoms with Crippen LogP contribution in [0.4, 0.5) is 4.39 Å². The van der Waals surface area contributed by atoms with Gasteiger partial charge in [-0.15, -0.1) is 0 Å². The van der Waals surface area contributed by atoms with E-state index >= 15 is 4.39 Å². The summed E-state index contributed by atoms with van der Waals surface area (Å²) in [5, 5.41) is 18.9. The highest BCUT2D eigenvalue weighted by atomic mass is 19.1. The van der Waals surface area contributed by atoms with Crippen LogP contribution in [0.15, 0.2) is 47.1 Å². The van der Waals surface area contributed by atoms with Crippen LogP contribution < -0.4 is 9.47 Å². The summed E-state index contributed by atoms with van der Waals surface area (Å²) in [5.74, 6) is -0.000420. The second-order valence-corrected chi connectivity index (χ2v) is 9.28. The van der Waals surface area contributed by atoms with Gasteiger partial charge in [0.1, 0.15) is 34.9 Å². The number of amides is 1. The number of halogens is 1. The molecule has 0 atom stereocenters. The fourth-order valence-corrected chi connectivity index (χ4v) is 4.56. The van der Waals surface area contributed by atoms with Crippen LogP contribution in [-0.4, -0.2) is 72.5 Å². The molecule has 11 heteroatoms. The Balaban J connectivity index is 1.52. The van der Waals surface area contributed by atoms with Gasteiger partial charge in [-0.25, -0.2) is 14.4 Å². The number of benzene rings is 1. The first-order chi connectivity index (χ1) is 19.4. The van der Waals surface area contributed by atoms with Crippen molar-refractivity contribution in [3.05, 3.63) is 59.7 Å². The number of carbonyl (C=O) groups is 1. The Morgan fingerprint density at radius 3 is 2.73 bits per heavy atom. The molecule has 1 saturated heterocycles. The summed E-state index contributed by atoms with van der Waals surface area (Å²) >= 11 is 0. The number of nitrogens with zero attached hydrogens (tertiary/aromatic N) is 4. The summed E-state index contributed by atoms with van der Waals surface area (Å²) in [6.07, 6.45) is 3.88. The number of hydrogen-bond acceptors (Lipinski definition) is 9. The van der Waals surface area contributed by atoms with Gasteiger partial charge in [-0.2, -0.15) is 5.26 Å². The first-order valence-corrected chi connectivity index (χ1v) is 12.7. The Bertz CT molecular complexity index is 1590. The highest BCUT2D eigenvalue weighted by molar-refractivity contribution is 5.96. The molecule has 5 rings (SSSR count). The maximum atomic E-state index is 15.2. The lowest BCUT2D eigenvalue weighted by Gasteiger charge is -2.23.